The van der Waals surface area contributed by atoms with Crippen LogP contribution in [0.5, 0.6) is 0 Å². The standard InChI is InChI=1S/C17H21N3OS/c18-10-15-19-14(11-22-15)17(21)20-16(13-8-4-5-9-13)12-6-2-1-3-7-12/h1-3,6-7,11,13,16H,4-5,8-10,18H2,(H,20,21). The number of rotatable bonds is 5. The highest BCUT2D eigenvalue weighted by molar-refractivity contribution is 7.09. The van der Waals surface area contributed by atoms with Crippen molar-refractivity contribution in [2.45, 2.75) is 38.3 Å². The molecule has 4 nitrogen and oxygen atoms in total. The summed E-state index contributed by atoms with van der Waals surface area (Å²) >= 11 is 1.44. The number of benzene rings is 1. The van der Waals surface area contributed by atoms with Crippen molar-refractivity contribution in [2.75, 3.05) is 0 Å². The number of thiazole rings is 1. The van der Waals surface area contributed by atoms with E-state index in [1.807, 2.05) is 18.2 Å². The van der Waals surface area contributed by atoms with Gasteiger partial charge in [0.2, 0.25) is 0 Å². The maximum absolute atomic E-state index is 12.5. The monoisotopic (exact) mass is 315 g/mol. The highest BCUT2D eigenvalue weighted by atomic mass is 32.1. The minimum Gasteiger partial charge on any atom is -0.344 e. The van der Waals surface area contributed by atoms with Crippen molar-refractivity contribution < 1.29 is 4.79 Å². The molecule has 2 aromatic rings. The molecule has 1 heterocycles. The lowest BCUT2D eigenvalue weighted by Gasteiger charge is -2.25. The number of nitrogens with two attached hydrogens (primary N) is 1. The van der Waals surface area contributed by atoms with E-state index in [4.69, 9.17) is 5.73 Å². The van der Waals surface area contributed by atoms with Gasteiger partial charge in [-0.1, -0.05) is 43.2 Å². The molecular formula is C17H21N3OS. The zero-order chi connectivity index (χ0) is 15.4. The average molecular weight is 315 g/mol. The largest absolute Gasteiger partial charge is 0.344 e. The van der Waals surface area contributed by atoms with Crippen molar-refractivity contribution in [3.63, 3.8) is 0 Å². The van der Waals surface area contributed by atoms with E-state index < -0.39 is 0 Å². The molecule has 1 fully saturated rings. The van der Waals surface area contributed by atoms with Crippen LogP contribution in [-0.4, -0.2) is 10.9 Å². The number of nitrogens with zero attached hydrogens (tertiary/aromatic N) is 1. The van der Waals surface area contributed by atoms with Crippen LogP contribution in [0.15, 0.2) is 35.7 Å². The first-order valence-corrected chi connectivity index (χ1v) is 8.66. The predicted octanol–water partition coefficient (Wildman–Crippen LogP) is 3.26. The van der Waals surface area contributed by atoms with Crippen LogP contribution in [0.2, 0.25) is 0 Å². The normalized spacial score (nSPS) is 16.6. The van der Waals surface area contributed by atoms with E-state index >= 15 is 0 Å². The van der Waals surface area contributed by atoms with Gasteiger partial charge in [-0.05, 0) is 24.3 Å². The van der Waals surface area contributed by atoms with Crippen LogP contribution in [0.3, 0.4) is 0 Å². The van der Waals surface area contributed by atoms with Crippen LogP contribution in [0.25, 0.3) is 0 Å². The van der Waals surface area contributed by atoms with Crippen LogP contribution in [0.1, 0.15) is 52.8 Å². The van der Waals surface area contributed by atoms with Gasteiger partial charge in [0.05, 0.1) is 6.04 Å². The Balaban J connectivity index is 1.78. The number of hydrogen-bond acceptors (Lipinski definition) is 4. The lowest BCUT2D eigenvalue weighted by Crippen LogP contribution is -2.33. The zero-order valence-electron chi connectivity index (χ0n) is 12.5. The topological polar surface area (TPSA) is 68.0 Å². The molecule has 0 radical (unpaired) electrons. The second-order valence-corrected chi connectivity index (χ2v) is 6.68. The van der Waals surface area contributed by atoms with Gasteiger partial charge in [-0.3, -0.25) is 4.79 Å². The van der Waals surface area contributed by atoms with Gasteiger partial charge in [-0.2, -0.15) is 0 Å². The molecule has 1 saturated carbocycles. The first-order valence-electron chi connectivity index (χ1n) is 7.78. The number of amides is 1. The van der Waals surface area contributed by atoms with Crippen molar-refractivity contribution in [3.05, 3.63) is 52.0 Å². The number of carbonyl (C=O) groups is 1. The highest BCUT2D eigenvalue weighted by Crippen LogP contribution is 2.35. The van der Waals surface area contributed by atoms with Crippen molar-refractivity contribution in [2.24, 2.45) is 11.7 Å². The smallest absolute Gasteiger partial charge is 0.271 e. The summed E-state index contributed by atoms with van der Waals surface area (Å²) in [7, 11) is 0. The molecule has 0 bridgehead atoms. The highest BCUT2D eigenvalue weighted by Gasteiger charge is 2.28. The average Bonchev–Trinajstić information content (AvgIpc) is 3.24. The molecule has 3 rings (SSSR count). The minimum atomic E-state index is -0.100. The van der Waals surface area contributed by atoms with E-state index in [-0.39, 0.29) is 11.9 Å². The molecule has 1 aromatic carbocycles. The molecule has 22 heavy (non-hydrogen) atoms. The van der Waals surface area contributed by atoms with E-state index in [2.05, 4.69) is 22.4 Å². The fourth-order valence-corrected chi connectivity index (χ4v) is 3.80. The summed E-state index contributed by atoms with van der Waals surface area (Å²) in [5.74, 6) is 0.413. The zero-order valence-corrected chi connectivity index (χ0v) is 13.3. The maximum atomic E-state index is 12.5. The van der Waals surface area contributed by atoms with Gasteiger partial charge >= 0.3 is 0 Å². The Labute approximate surface area is 134 Å². The van der Waals surface area contributed by atoms with Gasteiger partial charge in [-0.15, -0.1) is 11.3 Å². The number of nitrogens with one attached hydrogen (secondary N) is 1. The van der Waals surface area contributed by atoms with E-state index in [0.717, 1.165) is 5.01 Å². The Bertz CT molecular complexity index is 620. The van der Waals surface area contributed by atoms with E-state index in [1.54, 1.807) is 5.38 Å². The Morgan fingerprint density at radius 2 is 2.05 bits per heavy atom. The molecule has 1 aromatic heterocycles. The SMILES string of the molecule is NCc1nc(C(=O)NC(c2ccccc2)C2CCCC2)cs1. The summed E-state index contributed by atoms with van der Waals surface area (Å²) in [4.78, 5) is 16.8. The molecule has 1 aliphatic rings. The molecule has 0 spiro atoms. The Morgan fingerprint density at radius 3 is 2.68 bits per heavy atom. The summed E-state index contributed by atoms with van der Waals surface area (Å²) in [6, 6.07) is 10.3. The van der Waals surface area contributed by atoms with Crippen LogP contribution in [0.4, 0.5) is 0 Å². The molecule has 1 aliphatic carbocycles. The lowest BCUT2D eigenvalue weighted by molar-refractivity contribution is 0.0917. The summed E-state index contributed by atoms with van der Waals surface area (Å²) in [5.41, 5.74) is 7.23. The molecule has 116 valence electrons. The van der Waals surface area contributed by atoms with E-state index in [0.29, 0.717) is 18.2 Å². The molecular weight excluding hydrogens is 294 g/mol. The number of carbonyl (C=O) groups excluding carboxylic acids is 1. The molecule has 5 heteroatoms. The molecule has 1 atom stereocenters. The fourth-order valence-electron chi connectivity index (χ4n) is 3.15. The van der Waals surface area contributed by atoms with Crippen LogP contribution < -0.4 is 11.1 Å². The van der Waals surface area contributed by atoms with Gasteiger partial charge in [0.15, 0.2) is 0 Å². The number of aromatic nitrogens is 1. The summed E-state index contributed by atoms with van der Waals surface area (Å²) in [6.07, 6.45) is 4.84. The van der Waals surface area contributed by atoms with Crippen molar-refractivity contribution in [1.82, 2.24) is 10.3 Å². The molecule has 1 amide bonds. The third kappa shape index (κ3) is 3.36. The fraction of sp³-hybridized carbons (Fsp3) is 0.412. The van der Waals surface area contributed by atoms with E-state index in [9.17, 15) is 4.79 Å². The second-order valence-electron chi connectivity index (χ2n) is 5.74. The molecule has 1 unspecified atom stereocenters. The summed E-state index contributed by atoms with van der Waals surface area (Å²) in [6.45, 7) is 0.378. The number of hydrogen-bond donors (Lipinski definition) is 2. The predicted molar refractivity (Wildman–Crippen MR) is 88.6 cm³/mol. The van der Waals surface area contributed by atoms with Gasteiger partial charge in [0, 0.05) is 11.9 Å². The van der Waals surface area contributed by atoms with Gasteiger partial charge < -0.3 is 11.1 Å². The first kappa shape index (κ1) is 15.2. The maximum Gasteiger partial charge on any atom is 0.271 e. The van der Waals surface area contributed by atoms with Crippen LogP contribution in [0, 0.1) is 5.92 Å². The summed E-state index contributed by atoms with van der Waals surface area (Å²) in [5, 5.41) is 5.77. The summed E-state index contributed by atoms with van der Waals surface area (Å²) < 4.78 is 0. The van der Waals surface area contributed by atoms with Gasteiger partial charge in [0.25, 0.3) is 5.91 Å². The third-order valence-electron chi connectivity index (χ3n) is 4.28. The minimum absolute atomic E-state index is 0.0687. The van der Waals surface area contributed by atoms with Crippen molar-refractivity contribution in [1.29, 1.82) is 0 Å². The molecule has 0 aliphatic heterocycles. The van der Waals surface area contributed by atoms with E-state index in [1.165, 1.54) is 42.6 Å². The Kier molecular flexibility index (Phi) is 4.85. The van der Waals surface area contributed by atoms with Gasteiger partial charge in [-0.25, -0.2) is 4.98 Å². The first-order chi connectivity index (χ1) is 10.8. The van der Waals surface area contributed by atoms with Crippen molar-refractivity contribution in [3.8, 4) is 0 Å². The third-order valence-corrected chi connectivity index (χ3v) is 5.15. The second kappa shape index (κ2) is 7.03. The van der Waals surface area contributed by atoms with Crippen LogP contribution in [-0.2, 0) is 6.54 Å². The molecule has 3 N–H and O–H groups in total. The molecule has 0 saturated heterocycles. The lowest BCUT2D eigenvalue weighted by atomic mass is 9.91. The van der Waals surface area contributed by atoms with Gasteiger partial charge in [0.1, 0.15) is 10.7 Å². The van der Waals surface area contributed by atoms with Crippen molar-refractivity contribution >= 4 is 17.2 Å². The van der Waals surface area contributed by atoms with Crippen LogP contribution >= 0.6 is 11.3 Å². The Morgan fingerprint density at radius 1 is 1.32 bits per heavy atom. The Hall–Kier alpha value is -1.72. The quantitative estimate of drug-likeness (QED) is 0.890.